The van der Waals surface area contributed by atoms with Crippen molar-refractivity contribution in [1.82, 2.24) is 10.2 Å². The Balaban J connectivity index is 2.66. The van der Waals surface area contributed by atoms with E-state index in [-0.39, 0.29) is 6.54 Å². The standard InChI is InChI=1S/C14H25F3N2O2/c1-3-21-10-6-9-19(11-14(15,16)17)12(20)13(2)7-4-5-8-18-13/h18H,3-11H2,1-2H3. The van der Waals surface area contributed by atoms with E-state index in [1.165, 1.54) is 0 Å². The molecule has 4 nitrogen and oxygen atoms in total. The molecule has 0 saturated carbocycles. The highest BCUT2D eigenvalue weighted by Crippen LogP contribution is 2.24. The molecule has 1 saturated heterocycles. The van der Waals surface area contributed by atoms with Gasteiger partial charge in [-0.15, -0.1) is 0 Å². The van der Waals surface area contributed by atoms with Gasteiger partial charge in [0, 0.05) is 19.8 Å². The monoisotopic (exact) mass is 310 g/mol. The van der Waals surface area contributed by atoms with Crippen LogP contribution in [0.4, 0.5) is 13.2 Å². The Morgan fingerprint density at radius 1 is 1.38 bits per heavy atom. The SMILES string of the molecule is CCOCCCN(CC(F)(F)F)C(=O)C1(C)CCCCN1. The number of hydrogen-bond acceptors (Lipinski definition) is 3. The van der Waals surface area contributed by atoms with Gasteiger partial charge in [0.15, 0.2) is 0 Å². The highest BCUT2D eigenvalue weighted by atomic mass is 19.4. The number of carbonyl (C=O) groups is 1. The van der Waals surface area contributed by atoms with Crippen molar-refractivity contribution in [3.05, 3.63) is 0 Å². The van der Waals surface area contributed by atoms with Gasteiger partial charge >= 0.3 is 6.18 Å². The zero-order valence-corrected chi connectivity index (χ0v) is 12.8. The topological polar surface area (TPSA) is 41.6 Å². The van der Waals surface area contributed by atoms with E-state index in [0.29, 0.717) is 32.6 Å². The van der Waals surface area contributed by atoms with Crippen molar-refractivity contribution in [2.24, 2.45) is 0 Å². The molecular formula is C14H25F3N2O2. The molecule has 1 aliphatic heterocycles. The maximum atomic E-state index is 12.7. The highest BCUT2D eigenvalue weighted by molar-refractivity contribution is 5.86. The second-order valence-corrected chi connectivity index (χ2v) is 5.61. The van der Waals surface area contributed by atoms with Crippen LogP contribution in [0.15, 0.2) is 0 Å². The molecule has 1 rings (SSSR count). The Bertz CT molecular complexity index is 329. The van der Waals surface area contributed by atoms with Crippen LogP contribution in [0.1, 0.15) is 39.5 Å². The first-order valence-electron chi connectivity index (χ1n) is 7.47. The third kappa shape index (κ3) is 6.22. The first-order valence-corrected chi connectivity index (χ1v) is 7.47. The van der Waals surface area contributed by atoms with Gasteiger partial charge < -0.3 is 15.0 Å². The van der Waals surface area contributed by atoms with Gasteiger partial charge in [-0.25, -0.2) is 0 Å². The van der Waals surface area contributed by atoms with Crippen molar-refractivity contribution in [2.45, 2.75) is 51.2 Å². The zero-order chi connectivity index (χ0) is 15.9. The summed E-state index contributed by atoms with van der Waals surface area (Å²) in [6.07, 6.45) is -1.59. The van der Waals surface area contributed by atoms with Crippen LogP contribution in [0.3, 0.4) is 0 Å². The Hall–Kier alpha value is -0.820. The number of alkyl halides is 3. The second-order valence-electron chi connectivity index (χ2n) is 5.61. The number of rotatable bonds is 7. The fourth-order valence-corrected chi connectivity index (χ4v) is 2.56. The highest BCUT2D eigenvalue weighted by Gasteiger charge is 2.41. The normalized spacial score (nSPS) is 23.1. The second kappa shape index (κ2) is 7.98. The van der Waals surface area contributed by atoms with Crippen molar-refractivity contribution in [3.8, 4) is 0 Å². The molecule has 1 atom stereocenters. The molecule has 124 valence electrons. The van der Waals surface area contributed by atoms with E-state index < -0.39 is 24.2 Å². The predicted octanol–water partition coefficient (Wildman–Crippen LogP) is 2.34. The molecular weight excluding hydrogens is 285 g/mol. The molecule has 21 heavy (non-hydrogen) atoms. The lowest BCUT2D eigenvalue weighted by molar-refractivity contribution is -0.166. The molecule has 0 spiro atoms. The molecule has 0 aromatic rings. The largest absolute Gasteiger partial charge is 0.406 e. The molecule has 1 amide bonds. The predicted molar refractivity (Wildman–Crippen MR) is 74.0 cm³/mol. The fraction of sp³-hybridized carbons (Fsp3) is 0.929. The maximum absolute atomic E-state index is 12.7. The number of nitrogens with zero attached hydrogens (tertiary/aromatic N) is 1. The summed E-state index contributed by atoms with van der Waals surface area (Å²) in [6.45, 7) is 3.94. The summed E-state index contributed by atoms with van der Waals surface area (Å²) in [5.74, 6) is -0.462. The Morgan fingerprint density at radius 3 is 2.62 bits per heavy atom. The van der Waals surface area contributed by atoms with Crippen LogP contribution < -0.4 is 5.32 Å². The van der Waals surface area contributed by atoms with Gasteiger partial charge in [0.2, 0.25) is 5.91 Å². The molecule has 1 unspecified atom stereocenters. The summed E-state index contributed by atoms with van der Waals surface area (Å²) < 4.78 is 43.2. The van der Waals surface area contributed by atoms with Gasteiger partial charge in [0.25, 0.3) is 0 Å². The van der Waals surface area contributed by atoms with Crippen molar-refractivity contribution in [3.63, 3.8) is 0 Å². The number of carbonyl (C=O) groups excluding carboxylic acids is 1. The van der Waals surface area contributed by atoms with Crippen LogP contribution >= 0.6 is 0 Å². The minimum absolute atomic E-state index is 0.0651. The number of halogens is 3. The van der Waals surface area contributed by atoms with E-state index in [1.807, 2.05) is 6.92 Å². The van der Waals surface area contributed by atoms with Crippen LogP contribution in [0.2, 0.25) is 0 Å². The van der Waals surface area contributed by atoms with Gasteiger partial charge in [-0.2, -0.15) is 13.2 Å². The smallest absolute Gasteiger partial charge is 0.382 e. The fourth-order valence-electron chi connectivity index (χ4n) is 2.56. The maximum Gasteiger partial charge on any atom is 0.406 e. The molecule has 1 heterocycles. The molecule has 0 aliphatic carbocycles. The van der Waals surface area contributed by atoms with E-state index in [2.05, 4.69) is 5.32 Å². The molecule has 0 aromatic carbocycles. The summed E-state index contributed by atoms with van der Waals surface area (Å²) in [4.78, 5) is 13.4. The average Bonchev–Trinajstić information content (AvgIpc) is 2.41. The lowest BCUT2D eigenvalue weighted by atomic mass is 9.89. The summed E-state index contributed by atoms with van der Waals surface area (Å²) >= 11 is 0. The third-order valence-electron chi connectivity index (χ3n) is 3.67. The van der Waals surface area contributed by atoms with Gasteiger partial charge in [0.1, 0.15) is 6.54 Å². The number of ether oxygens (including phenoxy) is 1. The van der Waals surface area contributed by atoms with E-state index in [9.17, 15) is 18.0 Å². The third-order valence-corrected chi connectivity index (χ3v) is 3.67. The van der Waals surface area contributed by atoms with Crippen LogP contribution in [-0.4, -0.2) is 55.4 Å². The summed E-state index contributed by atoms with van der Waals surface area (Å²) in [7, 11) is 0. The van der Waals surface area contributed by atoms with E-state index in [4.69, 9.17) is 4.74 Å². The minimum atomic E-state index is -4.38. The molecule has 1 aliphatic rings. The number of nitrogens with one attached hydrogen (secondary N) is 1. The average molecular weight is 310 g/mol. The van der Waals surface area contributed by atoms with Crippen LogP contribution in [-0.2, 0) is 9.53 Å². The van der Waals surface area contributed by atoms with Crippen LogP contribution in [0, 0.1) is 0 Å². The molecule has 1 fully saturated rings. The van der Waals surface area contributed by atoms with Gasteiger partial charge in [-0.1, -0.05) is 0 Å². The molecule has 7 heteroatoms. The lowest BCUT2D eigenvalue weighted by Crippen LogP contribution is -2.59. The van der Waals surface area contributed by atoms with Gasteiger partial charge in [0.05, 0.1) is 5.54 Å². The first-order chi connectivity index (χ1) is 9.78. The van der Waals surface area contributed by atoms with Crippen molar-refractivity contribution < 1.29 is 22.7 Å². The lowest BCUT2D eigenvalue weighted by Gasteiger charge is -2.38. The van der Waals surface area contributed by atoms with Crippen LogP contribution in [0.5, 0.6) is 0 Å². The quantitative estimate of drug-likeness (QED) is 0.734. The molecule has 1 N–H and O–H groups in total. The molecule has 0 radical (unpaired) electrons. The number of hydrogen-bond donors (Lipinski definition) is 1. The Kier molecular flexibility index (Phi) is 6.93. The number of piperidine rings is 1. The van der Waals surface area contributed by atoms with Crippen LogP contribution in [0.25, 0.3) is 0 Å². The van der Waals surface area contributed by atoms with Gasteiger partial charge in [-0.05, 0) is 46.1 Å². The Labute approximate surface area is 124 Å². The summed E-state index contributed by atoms with van der Waals surface area (Å²) in [6, 6.07) is 0. The summed E-state index contributed by atoms with van der Waals surface area (Å²) in [5.41, 5.74) is -0.880. The zero-order valence-electron chi connectivity index (χ0n) is 12.8. The van der Waals surface area contributed by atoms with E-state index in [0.717, 1.165) is 17.7 Å². The van der Waals surface area contributed by atoms with E-state index in [1.54, 1.807) is 6.92 Å². The van der Waals surface area contributed by atoms with Crippen molar-refractivity contribution in [2.75, 3.05) is 32.8 Å². The Morgan fingerprint density at radius 2 is 2.10 bits per heavy atom. The first kappa shape index (κ1) is 18.2. The number of amides is 1. The van der Waals surface area contributed by atoms with Crippen molar-refractivity contribution in [1.29, 1.82) is 0 Å². The van der Waals surface area contributed by atoms with Crippen molar-refractivity contribution >= 4 is 5.91 Å². The molecule has 0 aromatic heterocycles. The summed E-state index contributed by atoms with van der Waals surface area (Å²) in [5, 5.41) is 3.07. The molecule has 0 bridgehead atoms. The minimum Gasteiger partial charge on any atom is -0.382 e. The van der Waals surface area contributed by atoms with E-state index >= 15 is 0 Å². The van der Waals surface area contributed by atoms with Gasteiger partial charge in [-0.3, -0.25) is 4.79 Å².